The quantitative estimate of drug-likeness (QED) is 0.0672. The smallest absolute Gasteiger partial charge is 0.232 e. The number of amides is 6. The maximum Gasteiger partial charge on any atom is 0.232 e. The molecule has 21 fully saturated rings. The molecule has 762 valence electrons. The van der Waals surface area contributed by atoms with Crippen LogP contribution in [0.25, 0.3) is 0 Å². The van der Waals surface area contributed by atoms with Crippen LogP contribution in [0.1, 0.15) is 314 Å². The van der Waals surface area contributed by atoms with Crippen LogP contribution in [0.3, 0.4) is 0 Å². The van der Waals surface area contributed by atoms with E-state index in [2.05, 4.69) is 162 Å². The number of hydrogen-bond donors (Lipinski definition) is 5. The van der Waals surface area contributed by atoms with Crippen LogP contribution in [-0.2, 0) is 57.2 Å². The lowest BCUT2D eigenvalue weighted by Crippen LogP contribution is -2.56. The zero-order chi connectivity index (χ0) is 94.8. The minimum atomic E-state index is -0.329. The SMILES string of the molecule is C[C@H]1CC[C@@]2(OC1)O[C@H]1C[C@H]3[C@@H]4CC[C@@H]5C[C@@H](NC(=O)CC(=O)N6CCN(CCN(C)C)CC6)CC[C@]5(C)[C@H]4CC[C@]3(C)[C@H]1[C@@H]2C.C[C@H]1CC[C@@]2(OC1)O[C@H]1C[C@H]3[C@@H]4CC[C@@H]5C[C@@H](NC(=O)CC(=O)NC6CCN(C)CC6)CC[C@]5(C)[C@H]4CC[C@]3(C)[C@H]1[C@@H]2C.C[C@H]1CC[C@@]2(OC1)O[C@H]1C[C@H]3[C@@H]4CC[C@@H]5C[C@@H](NC(=O)CC(=O)NCCCN6CCN(C)CC6)CC[C@]5(C)[C@H]4CC[C@]3(C)[C@H]1[C@@H]2C. The van der Waals surface area contributed by atoms with Gasteiger partial charge in [-0.25, -0.2) is 0 Å². The third-order valence-corrected chi connectivity index (χ3v) is 45.1. The largest absolute Gasteiger partial charge is 0.356 e. The second kappa shape index (κ2) is 39.7. The Kier molecular flexibility index (Phi) is 29.5. The van der Waals surface area contributed by atoms with E-state index in [0.717, 1.165) is 235 Å². The van der Waals surface area contributed by atoms with Crippen molar-refractivity contribution in [1.29, 1.82) is 0 Å². The molecule has 23 nitrogen and oxygen atoms in total. The number of nitrogens with zero attached hydrogens (tertiary/aromatic N) is 6. The number of piperazine rings is 2. The summed E-state index contributed by atoms with van der Waals surface area (Å²) in [5, 5.41) is 16.0. The lowest BCUT2D eigenvalue weighted by atomic mass is 9.44. The van der Waals surface area contributed by atoms with Gasteiger partial charge in [0.05, 0.1) is 38.1 Å². The van der Waals surface area contributed by atoms with Crippen LogP contribution < -0.4 is 26.6 Å². The molecule has 6 amide bonds. The number of rotatable bonds is 17. The molecule has 23 heteroatoms. The standard InChI is InChI=1S/2C38H64N4O4.C36H59N3O4/c1-25-9-14-38(45-24-25)26(2)35-32(46-38)22-31-29-8-7-27-21-28(10-12-36(27,3)30(29)11-13-37(31,35)4)39-33(43)23-34(44)42-19-17-41(18-20-42)16-15-40(5)6;1-25-9-14-38(45-24-25)26(2)35-32(46-38)22-31-29-8-7-27-21-28(10-12-36(27,3)30(29)11-13-37(31,35)4)40-34(44)23-33(43)39-15-6-16-42-19-17-41(5)18-20-42;1-22-8-15-36(42-21-22)23(2)33-30(43-36)19-29-27-7-6-24-18-26(9-13-34(24,3)28(27)10-14-35(29,33)4)38-32(41)20-31(40)37-25-11-16-39(5)17-12-25/h25-32,35H,7-24H2,1-6H3,(H,39,43);25-32,35H,6-24H2,1-5H3,(H,39,43)(H,40,44);22-30,33H,6-21H2,1-5H3,(H,37,40)(H,38,41)/t2*25-,26-,27+,28-,29+,30-,31-,32-,35-,36-,37-,38+;22-,23-,24+,26-,27+,28-,29-,30-,33-,34-,35-,36+/m000/s1. The highest BCUT2D eigenvalue weighted by Crippen LogP contribution is 2.76. The van der Waals surface area contributed by atoms with E-state index >= 15 is 0 Å². The topological polar surface area (TPSA) is 237 Å². The third kappa shape index (κ3) is 19.2. The number of fused-ring (bicyclic) bond motifs is 21. The number of carbonyl (C=O) groups is 6. The molecule has 135 heavy (non-hydrogen) atoms. The van der Waals surface area contributed by atoms with Crippen molar-refractivity contribution in [3.8, 4) is 0 Å². The first-order chi connectivity index (χ1) is 64.4. The Morgan fingerprint density at radius 1 is 0.341 bits per heavy atom. The molecule has 0 aromatic heterocycles. The Bertz CT molecular complexity index is 4130. The van der Waals surface area contributed by atoms with Crippen LogP contribution in [-0.4, -0.2) is 264 Å². The number of carbonyl (C=O) groups excluding carboxylic acids is 6. The number of nitrogens with one attached hydrogen (secondary N) is 5. The van der Waals surface area contributed by atoms with E-state index in [1.807, 2.05) is 4.90 Å². The first-order valence-electron chi connectivity index (χ1n) is 56.6. The fraction of sp³-hybridized carbons (Fsp3) is 0.946. The van der Waals surface area contributed by atoms with Gasteiger partial charge in [0.2, 0.25) is 35.4 Å². The van der Waals surface area contributed by atoms with Crippen molar-refractivity contribution in [2.45, 2.75) is 374 Å². The number of ether oxygens (including phenoxy) is 6. The highest BCUT2D eigenvalue weighted by Gasteiger charge is 2.74. The van der Waals surface area contributed by atoms with Gasteiger partial charge in [-0.05, 0) is 379 Å². The van der Waals surface area contributed by atoms with Gasteiger partial charge < -0.3 is 79.5 Å². The summed E-state index contributed by atoms with van der Waals surface area (Å²) in [4.78, 5) is 90.6. The lowest BCUT2D eigenvalue weighted by molar-refractivity contribution is -0.273. The van der Waals surface area contributed by atoms with E-state index in [9.17, 15) is 28.8 Å². The Labute approximate surface area is 814 Å². The summed E-state index contributed by atoms with van der Waals surface area (Å²) in [6.07, 6.45) is 40.2. The number of likely N-dealkylation sites (N-methyl/N-ethyl adjacent to an activating group) is 2. The first-order valence-corrected chi connectivity index (χ1v) is 56.6. The minimum Gasteiger partial charge on any atom is -0.356 e. The van der Waals surface area contributed by atoms with Crippen molar-refractivity contribution >= 4 is 35.4 Å². The van der Waals surface area contributed by atoms with Gasteiger partial charge in [0, 0.05) is 133 Å². The molecule has 12 saturated carbocycles. The molecule has 0 unspecified atom stereocenters. The van der Waals surface area contributed by atoms with Gasteiger partial charge in [-0.2, -0.15) is 0 Å². The predicted molar refractivity (Wildman–Crippen MR) is 527 cm³/mol. The Hall–Kier alpha value is -3.62. The van der Waals surface area contributed by atoms with Crippen LogP contribution in [0.4, 0.5) is 0 Å². The van der Waals surface area contributed by atoms with E-state index in [-0.39, 0.29) is 96.2 Å². The lowest BCUT2D eigenvalue weighted by Gasteiger charge is -2.61. The highest BCUT2D eigenvalue weighted by molar-refractivity contribution is 5.98. The predicted octanol–water partition coefficient (Wildman–Crippen LogP) is 15.6. The van der Waals surface area contributed by atoms with E-state index < -0.39 is 0 Å². The van der Waals surface area contributed by atoms with Gasteiger partial charge >= 0.3 is 0 Å². The van der Waals surface area contributed by atoms with Crippen LogP contribution in [0.15, 0.2) is 0 Å². The van der Waals surface area contributed by atoms with Crippen molar-refractivity contribution in [2.75, 3.05) is 140 Å². The maximum atomic E-state index is 13.1. The third-order valence-electron chi connectivity index (χ3n) is 45.1. The van der Waals surface area contributed by atoms with Crippen LogP contribution in [0.5, 0.6) is 0 Å². The molecule has 9 aliphatic heterocycles. The molecule has 0 aromatic carbocycles. The van der Waals surface area contributed by atoms with E-state index in [4.69, 9.17) is 28.4 Å². The average Bonchev–Trinajstić information content (AvgIpc) is 1.55. The van der Waals surface area contributed by atoms with E-state index in [1.54, 1.807) is 0 Å². The summed E-state index contributed by atoms with van der Waals surface area (Å²) in [6, 6.07) is 0.831. The monoisotopic (exact) mass is 1880 g/mol. The first kappa shape index (κ1) is 100. The van der Waals surface area contributed by atoms with Crippen molar-refractivity contribution in [2.24, 2.45) is 157 Å². The Balaban J connectivity index is 0.000000130. The molecule has 0 aromatic rings. The summed E-state index contributed by atoms with van der Waals surface area (Å²) in [6.45, 7) is 45.9. The maximum absolute atomic E-state index is 13.1. The molecule has 36 atom stereocenters. The van der Waals surface area contributed by atoms with Crippen molar-refractivity contribution < 1.29 is 57.2 Å². The Morgan fingerprint density at radius 2 is 0.681 bits per heavy atom. The van der Waals surface area contributed by atoms with Crippen LogP contribution in [0, 0.1) is 157 Å². The second-order valence-electron chi connectivity index (χ2n) is 52.7. The molecule has 12 aliphatic carbocycles. The summed E-state index contributed by atoms with van der Waals surface area (Å²) in [5.41, 5.74) is 2.18. The molecule has 9 saturated heterocycles. The number of hydrogen-bond acceptors (Lipinski definition) is 17. The second-order valence-corrected chi connectivity index (χ2v) is 52.7. The van der Waals surface area contributed by atoms with Crippen LogP contribution >= 0.6 is 0 Å². The van der Waals surface area contributed by atoms with Gasteiger partial charge in [-0.15, -0.1) is 0 Å². The van der Waals surface area contributed by atoms with E-state index in [0.29, 0.717) is 128 Å². The number of likely N-dealkylation sites (tertiary alicyclic amines) is 1. The minimum absolute atomic E-state index is 0.00469. The van der Waals surface area contributed by atoms with Gasteiger partial charge in [-0.1, -0.05) is 83.1 Å². The zero-order valence-electron chi connectivity index (χ0n) is 87.2. The van der Waals surface area contributed by atoms with Crippen molar-refractivity contribution in [1.82, 2.24) is 56.0 Å². The molecule has 3 spiro atoms. The van der Waals surface area contributed by atoms with E-state index in [1.165, 1.54) is 135 Å². The summed E-state index contributed by atoms with van der Waals surface area (Å²) < 4.78 is 40.5. The molecule has 9 heterocycles. The van der Waals surface area contributed by atoms with Crippen molar-refractivity contribution in [3.05, 3.63) is 0 Å². The zero-order valence-corrected chi connectivity index (χ0v) is 87.2. The average molecular weight is 1880 g/mol. The number of piperidine rings is 1. The molecule has 0 radical (unpaired) electrons. The van der Waals surface area contributed by atoms with Crippen molar-refractivity contribution in [3.63, 3.8) is 0 Å². The molecular formula is C112H187N11O12. The summed E-state index contributed by atoms with van der Waals surface area (Å²) in [7, 11) is 8.48. The normalized spacial score (nSPS) is 48.2. The van der Waals surface area contributed by atoms with Gasteiger partial charge in [0.1, 0.15) is 19.3 Å². The summed E-state index contributed by atoms with van der Waals surface area (Å²) in [5.74, 6) is 12.8. The summed E-state index contributed by atoms with van der Waals surface area (Å²) >= 11 is 0. The highest BCUT2D eigenvalue weighted by atomic mass is 16.7. The van der Waals surface area contributed by atoms with Gasteiger partial charge in [0.15, 0.2) is 17.4 Å². The fourth-order valence-electron chi connectivity index (χ4n) is 37.3. The molecular weight excluding hydrogens is 1690 g/mol. The van der Waals surface area contributed by atoms with Crippen LogP contribution in [0.2, 0.25) is 0 Å². The fourth-order valence-corrected chi connectivity index (χ4v) is 37.3. The van der Waals surface area contributed by atoms with Gasteiger partial charge in [0.25, 0.3) is 0 Å². The van der Waals surface area contributed by atoms with Gasteiger partial charge in [-0.3, -0.25) is 33.7 Å². The Morgan fingerprint density at radius 3 is 1.05 bits per heavy atom. The molecule has 21 rings (SSSR count). The molecule has 0 bridgehead atoms. The molecule has 5 N–H and O–H groups in total. The molecule has 21 aliphatic rings.